The maximum absolute atomic E-state index is 13.0. The zero-order valence-electron chi connectivity index (χ0n) is 15.3. The second-order valence-corrected chi connectivity index (χ2v) is 7.67. The first kappa shape index (κ1) is 19.4. The minimum atomic E-state index is -3.95. The molecule has 0 amide bonds. The zero-order chi connectivity index (χ0) is 20.5. The monoisotopic (exact) mass is 403 g/mol. The van der Waals surface area contributed by atoms with E-state index in [0.29, 0.717) is 0 Å². The fourth-order valence-electron chi connectivity index (χ4n) is 2.72. The summed E-state index contributed by atoms with van der Waals surface area (Å²) in [7, 11) is -1.33. The van der Waals surface area contributed by atoms with Gasteiger partial charge in [0.25, 0.3) is 10.0 Å². The van der Waals surface area contributed by atoms with Gasteiger partial charge < -0.3 is 9.47 Å². The fourth-order valence-corrected chi connectivity index (χ4v) is 4.02. The van der Waals surface area contributed by atoms with Crippen molar-refractivity contribution in [3.8, 4) is 22.9 Å². The summed E-state index contributed by atoms with van der Waals surface area (Å²) in [6.45, 7) is 1.85. The predicted molar refractivity (Wildman–Crippen MR) is 101 cm³/mol. The van der Waals surface area contributed by atoms with E-state index in [9.17, 15) is 18.5 Å². The van der Waals surface area contributed by atoms with E-state index in [1.54, 1.807) is 12.1 Å². The third-order valence-electron chi connectivity index (χ3n) is 4.10. The van der Waals surface area contributed by atoms with Gasteiger partial charge in [-0.1, -0.05) is 17.7 Å². The molecular weight excluding hydrogens is 386 g/mol. The lowest BCUT2D eigenvalue weighted by molar-refractivity contribution is -0.385. The third kappa shape index (κ3) is 3.29. The van der Waals surface area contributed by atoms with E-state index in [2.05, 4.69) is 4.98 Å². The number of aryl methyl sites for hydroxylation is 1. The van der Waals surface area contributed by atoms with Gasteiger partial charge in [-0.15, -0.1) is 0 Å². The number of nitro benzene ring substituents is 1. The molecule has 0 atom stereocenters. The lowest BCUT2D eigenvalue weighted by Crippen LogP contribution is -2.13. The second kappa shape index (κ2) is 7.31. The molecule has 3 rings (SSSR count). The highest BCUT2D eigenvalue weighted by Gasteiger charge is 2.26. The maximum Gasteiger partial charge on any atom is 0.315 e. The summed E-state index contributed by atoms with van der Waals surface area (Å²) in [6, 6.07) is 8.99. The molecule has 0 aliphatic rings. The van der Waals surface area contributed by atoms with Crippen LogP contribution in [0.15, 0.2) is 53.7 Å². The minimum absolute atomic E-state index is 0.0182. The van der Waals surface area contributed by atoms with E-state index in [4.69, 9.17) is 9.47 Å². The number of rotatable bonds is 6. The first-order valence-corrected chi connectivity index (χ1v) is 9.50. The first-order valence-electron chi connectivity index (χ1n) is 8.06. The molecule has 0 radical (unpaired) electrons. The van der Waals surface area contributed by atoms with Crippen molar-refractivity contribution in [1.29, 1.82) is 0 Å². The summed E-state index contributed by atoms with van der Waals surface area (Å²) in [5.41, 5.74) is 0.754. The summed E-state index contributed by atoms with van der Waals surface area (Å²) < 4.78 is 37.3. The molecule has 0 aliphatic carbocycles. The molecule has 28 heavy (non-hydrogen) atoms. The van der Waals surface area contributed by atoms with Crippen LogP contribution in [0.3, 0.4) is 0 Å². The molecule has 0 aliphatic heterocycles. The van der Waals surface area contributed by atoms with Crippen LogP contribution < -0.4 is 9.47 Å². The normalized spacial score (nSPS) is 11.2. The fraction of sp³-hybridized carbons (Fsp3) is 0.167. The molecule has 1 heterocycles. The van der Waals surface area contributed by atoms with Crippen LogP contribution in [0.25, 0.3) is 11.4 Å². The van der Waals surface area contributed by atoms with Crippen LogP contribution in [0, 0.1) is 17.0 Å². The van der Waals surface area contributed by atoms with Gasteiger partial charge in [0.15, 0.2) is 11.6 Å². The summed E-state index contributed by atoms with van der Waals surface area (Å²) >= 11 is 0. The Morgan fingerprint density at radius 3 is 2.36 bits per heavy atom. The van der Waals surface area contributed by atoms with E-state index in [0.717, 1.165) is 9.54 Å². The van der Waals surface area contributed by atoms with Gasteiger partial charge in [-0.3, -0.25) is 10.1 Å². The Balaban J connectivity index is 2.20. The number of ether oxygens (including phenoxy) is 2. The molecule has 3 aromatic rings. The number of methoxy groups -OCH3 is 2. The molecule has 0 saturated heterocycles. The average molecular weight is 403 g/mol. The molecule has 146 valence electrons. The largest absolute Gasteiger partial charge is 0.493 e. The van der Waals surface area contributed by atoms with E-state index in [-0.39, 0.29) is 33.5 Å². The summed E-state index contributed by atoms with van der Waals surface area (Å²) in [6.07, 6.45) is 2.59. The van der Waals surface area contributed by atoms with Gasteiger partial charge in [-0.25, -0.2) is 17.4 Å². The van der Waals surface area contributed by atoms with Crippen LogP contribution in [0.5, 0.6) is 11.5 Å². The van der Waals surface area contributed by atoms with Gasteiger partial charge in [0, 0.05) is 24.0 Å². The standard InChI is InChI=1S/C18H17N3O6S/c1-12-4-6-14(7-5-12)28(24,25)20-9-8-19-18(20)13-10-15(21(22)23)17(27-3)16(11-13)26-2/h4-11H,1-3H3. The number of imidazole rings is 1. The van der Waals surface area contributed by atoms with E-state index < -0.39 is 14.9 Å². The van der Waals surface area contributed by atoms with Gasteiger partial charge in [-0.05, 0) is 25.1 Å². The summed E-state index contributed by atoms with van der Waals surface area (Å²) in [5.74, 6) is 0.0503. The first-order chi connectivity index (χ1) is 13.3. The van der Waals surface area contributed by atoms with Gasteiger partial charge in [-0.2, -0.15) is 0 Å². The van der Waals surface area contributed by atoms with Crippen LogP contribution >= 0.6 is 0 Å². The van der Waals surface area contributed by atoms with Crippen molar-refractivity contribution in [3.05, 3.63) is 64.5 Å². The topological polar surface area (TPSA) is 114 Å². The van der Waals surface area contributed by atoms with E-state index in [1.807, 2.05) is 6.92 Å². The highest BCUT2D eigenvalue weighted by molar-refractivity contribution is 7.90. The van der Waals surface area contributed by atoms with Crippen LogP contribution in [0.4, 0.5) is 5.69 Å². The Hall–Kier alpha value is -3.40. The SMILES string of the molecule is COc1cc(-c2nccn2S(=O)(=O)c2ccc(C)cc2)cc([N+](=O)[O-])c1OC. The molecule has 1 aromatic heterocycles. The summed E-state index contributed by atoms with van der Waals surface area (Å²) in [4.78, 5) is 15.0. The lowest BCUT2D eigenvalue weighted by Gasteiger charge is -2.12. The molecule has 0 spiro atoms. The van der Waals surface area contributed by atoms with Crippen LogP contribution in [0.1, 0.15) is 5.56 Å². The zero-order valence-corrected chi connectivity index (χ0v) is 16.1. The van der Waals surface area contributed by atoms with Gasteiger partial charge >= 0.3 is 5.69 Å². The van der Waals surface area contributed by atoms with Gasteiger partial charge in [0.05, 0.1) is 24.0 Å². The van der Waals surface area contributed by atoms with Crippen molar-refractivity contribution in [1.82, 2.24) is 8.96 Å². The number of hydrogen-bond donors (Lipinski definition) is 0. The smallest absolute Gasteiger partial charge is 0.315 e. The highest BCUT2D eigenvalue weighted by atomic mass is 32.2. The molecule has 0 unspecified atom stereocenters. The van der Waals surface area contributed by atoms with Crippen LogP contribution in [0.2, 0.25) is 0 Å². The van der Waals surface area contributed by atoms with Gasteiger partial charge in [0.2, 0.25) is 5.75 Å². The molecule has 10 heteroatoms. The van der Waals surface area contributed by atoms with E-state index in [1.165, 1.54) is 50.9 Å². The van der Waals surface area contributed by atoms with Gasteiger partial charge in [0.1, 0.15) is 0 Å². The van der Waals surface area contributed by atoms with Crippen molar-refractivity contribution in [2.45, 2.75) is 11.8 Å². The molecule has 0 N–H and O–H groups in total. The summed E-state index contributed by atoms with van der Waals surface area (Å²) in [5, 5.41) is 11.4. The minimum Gasteiger partial charge on any atom is -0.493 e. The maximum atomic E-state index is 13.0. The number of hydrogen-bond acceptors (Lipinski definition) is 7. The van der Waals surface area contributed by atoms with Crippen LogP contribution in [-0.4, -0.2) is 36.5 Å². The molecule has 0 bridgehead atoms. The van der Waals surface area contributed by atoms with Crippen molar-refractivity contribution in [2.75, 3.05) is 14.2 Å². The van der Waals surface area contributed by atoms with Crippen LogP contribution in [-0.2, 0) is 10.0 Å². The number of nitro groups is 1. The lowest BCUT2D eigenvalue weighted by atomic mass is 10.1. The molecule has 0 saturated carbocycles. The molecule has 2 aromatic carbocycles. The highest BCUT2D eigenvalue weighted by Crippen LogP contribution is 2.40. The number of nitrogens with zero attached hydrogens (tertiary/aromatic N) is 3. The second-order valence-electron chi connectivity index (χ2n) is 5.85. The number of aromatic nitrogens is 2. The molecular formula is C18H17N3O6S. The van der Waals surface area contributed by atoms with Crippen molar-refractivity contribution in [2.24, 2.45) is 0 Å². The average Bonchev–Trinajstić information content (AvgIpc) is 3.17. The Bertz CT molecular complexity index is 1140. The van der Waals surface area contributed by atoms with Crippen molar-refractivity contribution >= 4 is 15.7 Å². The third-order valence-corrected chi connectivity index (χ3v) is 5.78. The Morgan fingerprint density at radius 1 is 1.11 bits per heavy atom. The predicted octanol–water partition coefficient (Wildman–Crippen LogP) is 3.02. The number of benzene rings is 2. The Kier molecular flexibility index (Phi) is 5.06. The van der Waals surface area contributed by atoms with E-state index >= 15 is 0 Å². The molecule has 0 fully saturated rings. The quantitative estimate of drug-likeness (QED) is 0.459. The molecule has 9 nitrogen and oxygen atoms in total. The Labute approximate surface area is 161 Å². The van der Waals surface area contributed by atoms with Crippen molar-refractivity contribution in [3.63, 3.8) is 0 Å². The van der Waals surface area contributed by atoms with Crippen molar-refractivity contribution < 1.29 is 22.8 Å². The Morgan fingerprint density at radius 2 is 1.79 bits per heavy atom.